The van der Waals surface area contributed by atoms with Crippen LogP contribution in [0.1, 0.15) is 5.56 Å². The predicted octanol–water partition coefficient (Wildman–Crippen LogP) is 3.65. The van der Waals surface area contributed by atoms with Gasteiger partial charge in [-0.1, -0.05) is 48.5 Å². The first-order chi connectivity index (χ1) is 13.1. The number of carbonyl (C=O) groups is 1. The summed E-state index contributed by atoms with van der Waals surface area (Å²) >= 11 is 0. The smallest absolute Gasteiger partial charge is 0.287 e. The molecule has 0 spiro atoms. The molecule has 1 atom stereocenters. The largest absolute Gasteiger partial charge is 0.358 e. The predicted molar refractivity (Wildman–Crippen MR) is 104 cm³/mol. The van der Waals surface area contributed by atoms with Gasteiger partial charge in [0, 0.05) is 18.2 Å². The lowest BCUT2D eigenvalue weighted by Gasteiger charge is -2.19. The topological polar surface area (TPSA) is 97.2 Å². The molecule has 0 radical (unpaired) electrons. The summed E-state index contributed by atoms with van der Waals surface area (Å²) < 4.78 is 0. The van der Waals surface area contributed by atoms with E-state index in [4.69, 9.17) is 0 Å². The fraction of sp³-hybridized carbons (Fsp3) is 0.100. The molecule has 0 fully saturated rings. The summed E-state index contributed by atoms with van der Waals surface area (Å²) in [6, 6.07) is 21.0. The first-order valence-corrected chi connectivity index (χ1v) is 8.38. The van der Waals surface area contributed by atoms with Crippen LogP contribution in [0.15, 0.2) is 79.0 Å². The van der Waals surface area contributed by atoms with Gasteiger partial charge in [-0.25, -0.2) is 4.98 Å². The molecule has 7 nitrogen and oxygen atoms in total. The van der Waals surface area contributed by atoms with Crippen molar-refractivity contribution < 1.29 is 9.72 Å². The lowest BCUT2D eigenvalue weighted by molar-refractivity contribution is -0.385. The molecule has 1 aromatic heterocycles. The first-order valence-electron chi connectivity index (χ1n) is 8.38. The van der Waals surface area contributed by atoms with Crippen molar-refractivity contribution in [3.63, 3.8) is 0 Å². The summed E-state index contributed by atoms with van der Waals surface area (Å²) in [4.78, 5) is 27.1. The first kappa shape index (κ1) is 18.1. The molecular formula is C20H18N4O3. The summed E-state index contributed by atoms with van der Waals surface area (Å²) in [6.45, 7) is 0. The van der Waals surface area contributed by atoms with Crippen LogP contribution in [0.4, 0.5) is 17.2 Å². The minimum absolute atomic E-state index is 0.103. The van der Waals surface area contributed by atoms with Crippen molar-refractivity contribution in [2.45, 2.75) is 12.5 Å². The molecule has 0 saturated heterocycles. The lowest BCUT2D eigenvalue weighted by atomic mass is 10.0. The number of para-hydroxylation sites is 1. The van der Waals surface area contributed by atoms with Gasteiger partial charge in [0.1, 0.15) is 18.1 Å². The maximum atomic E-state index is 12.8. The van der Waals surface area contributed by atoms with Crippen LogP contribution in [-0.4, -0.2) is 21.9 Å². The molecule has 136 valence electrons. The van der Waals surface area contributed by atoms with Crippen molar-refractivity contribution in [2.75, 3.05) is 10.6 Å². The second kappa shape index (κ2) is 8.57. The number of pyridine rings is 1. The van der Waals surface area contributed by atoms with Gasteiger partial charge in [-0.2, -0.15) is 0 Å². The molecule has 0 aliphatic carbocycles. The van der Waals surface area contributed by atoms with E-state index in [-0.39, 0.29) is 11.6 Å². The van der Waals surface area contributed by atoms with Crippen molar-refractivity contribution in [1.82, 2.24) is 4.98 Å². The van der Waals surface area contributed by atoms with E-state index in [2.05, 4.69) is 15.6 Å². The van der Waals surface area contributed by atoms with Crippen LogP contribution in [0.5, 0.6) is 0 Å². The number of nitrogens with zero attached hydrogens (tertiary/aromatic N) is 2. The number of benzene rings is 2. The number of hydrogen-bond donors (Lipinski definition) is 2. The second-order valence-electron chi connectivity index (χ2n) is 5.90. The zero-order chi connectivity index (χ0) is 19.1. The number of nitro groups is 1. The average Bonchev–Trinajstić information content (AvgIpc) is 2.69. The van der Waals surface area contributed by atoms with Crippen molar-refractivity contribution in [3.8, 4) is 0 Å². The Bertz CT molecular complexity index is 900. The van der Waals surface area contributed by atoms with E-state index < -0.39 is 11.0 Å². The molecule has 3 rings (SSSR count). The van der Waals surface area contributed by atoms with Gasteiger partial charge in [-0.05, 0) is 23.8 Å². The number of amides is 1. The van der Waals surface area contributed by atoms with E-state index in [0.717, 1.165) is 11.8 Å². The Morgan fingerprint density at radius 1 is 1.00 bits per heavy atom. The van der Waals surface area contributed by atoms with Gasteiger partial charge < -0.3 is 10.6 Å². The van der Waals surface area contributed by atoms with Crippen LogP contribution in [0.2, 0.25) is 0 Å². The Balaban J connectivity index is 1.78. The third kappa shape index (κ3) is 5.12. The molecular weight excluding hydrogens is 344 g/mol. The maximum Gasteiger partial charge on any atom is 0.287 e. The standard InChI is InChI=1S/C20H18N4O3/c25-20(22-16-9-5-2-6-10-16)18(13-15-7-3-1-4-8-15)23-19-12-11-17(14-21-19)24(26)27/h1-12,14,18H,13H2,(H,21,23)(H,22,25)/t18-/m1/s1. The Morgan fingerprint density at radius 3 is 2.26 bits per heavy atom. The maximum absolute atomic E-state index is 12.8. The molecule has 0 unspecified atom stereocenters. The van der Waals surface area contributed by atoms with E-state index in [1.165, 1.54) is 12.1 Å². The third-order valence-electron chi connectivity index (χ3n) is 3.92. The molecule has 0 saturated carbocycles. The van der Waals surface area contributed by atoms with Gasteiger partial charge in [0.15, 0.2) is 0 Å². The van der Waals surface area contributed by atoms with Crippen LogP contribution in [0.25, 0.3) is 0 Å². The number of rotatable bonds is 7. The van der Waals surface area contributed by atoms with E-state index in [1.54, 1.807) is 0 Å². The Morgan fingerprint density at radius 2 is 1.67 bits per heavy atom. The van der Waals surface area contributed by atoms with Gasteiger partial charge in [-0.15, -0.1) is 0 Å². The van der Waals surface area contributed by atoms with Crippen LogP contribution in [-0.2, 0) is 11.2 Å². The number of hydrogen-bond acceptors (Lipinski definition) is 5. The van der Waals surface area contributed by atoms with Gasteiger partial charge in [0.25, 0.3) is 5.69 Å². The summed E-state index contributed by atoms with van der Waals surface area (Å²) in [6.07, 6.45) is 1.61. The second-order valence-corrected chi connectivity index (χ2v) is 5.90. The fourth-order valence-electron chi connectivity index (χ4n) is 2.57. The van der Waals surface area contributed by atoms with Crippen LogP contribution < -0.4 is 10.6 Å². The normalized spacial score (nSPS) is 11.4. The van der Waals surface area contributed by atoms with Gasteiger partial charge in [-0.3, -0.25) is 14.9 Å². The summed E-state index contributed by atoms with van der Waals surface area (Å²) in [5, 5.41) is 16.7. The minimum atomic E-state index is -0.596. The molecule has 27 heavy (non-hydrogen) atoms. The monoisotopic (exact) mass is 362 g/mol. The van der Waals surface area contributed by atoms with Crippen LogP contribution in [0, 0.1) is 10.1 Å². The van der Waals surface area contributed by atoms with E-state index in [9.17, 15) is 14.9 Å². The number of nitrogens with one attached hydrogen (secondary N) is 2. The molecule has 3 aromatic rings. The summed E-state index contributed by atoms with van der Waals surface area (Å²) in [7, 11) is 0. The Hall–Kier alpha value is -3.74. The van der Waals surface area contributed by atoms with Crippen LogP contribution >= 0.6 is 0 Å². The minimum Gasteiger partial charge on any atom is -0.358 e. The number of carbonyl (C=O) groups excluding carboxylic acids is 1. The quantitative estimate of drug-likeness (QED) is 0.494. The molecule has 1 amide bonds. The molecule has 0 aliphatic rings. The van der Waals surface area contributed by atoms with Crippen molar-refractivity contribution >= 4 is 23.1 Å². The highest BCUT2D eigenvalue weighted by molar-refractivity contribution is 5.96. The number of aromatic nitrogens is 1. The summed E-state index contributed by atoms with van der Waals surface area (Å²) in [5.41, 5.74) is 1.58. The lowest BCUT2D eigenvalue weighted by Crippen LogP contribution is -2.36. The molecule has 2 N–H and O–H groups in total. The SMILES string of the molecule is O=C(Nc1ccccc1)[C@@H](Cc1ccccc1)Nc1ccc([N+](=O)[O-])cn1. The van der Waals surface area contributed by atoms with Crippen molar-refractivity contribution in [1.29, 1.82) is 0 Å². The van der Waals surface area contributed by atoms with Gasteiger partial charge in [0.05, 0.1) is 4.92 Å². The Kier molecular flexibility index (Phi) is 5.73. The highest BCUT2D eigenvalue weighted by atomic mass is 16.6. The zero-order valence-corrected chi connectivity index (χ0v) is 14.4. The zero-order valence-electron chi connectivity index (χ0n) is 14.4. The molecule has 1 heterocycles. The van der Waals surface area contributed by atoms with E-state index in [1.807, 2.05) is 60.7 Å². The van der Waals surface area contributed by atoms with E-state index >= 15 is 0 Å². The van der Waals surface area contributed by atoms with Crippen LogP contribution in [0.3, 0.4) is 0 Å². The highest BCUT2D eigenvalue weighted by Gasteiger charge is 2.20. The van der Waals surface area contributed by atoms with Crippen molar-refractivity contribution in [3.05, 3.63) is 94.7 Å². The third-order valence-corrected chi connectivity index (χ3v) is 3.92. The Labute approximate surface area is 156 Å². The van der Waals surface area contributed by atoms with Gasteiger partial charge in [0.2, 0.25) is 5.91 Å². The molecule has 2 aromatic carbocycles. The number of anilines is 2. The fourth-order valence-corrected chi connectivity index (χ4v) is 2.57. The molecule has 0 bridgehead atoms. The molecule has 0 aliphatic heterocycles. The summed E-state index contributed by atoms with van der Waals surface area (Å²) in [5.74, 6) is 0.176. The highest BCUT2D eigenvalue weighted by Crippen LogP contribution is 2.15. The van der Waals surface area contributed by atoms with E-state index in [0.29, 0.717) is 17.9 Å². The van der Waals surface area contributed by atoms with Gasteiger partial charge >= 0.3 is 0 Å². The van der Waals surface area contributed by atoms with Crippen molar-refractivity contribution in [2.24, 2.45) is 0 Å². The average molecular weight is 362 g/mol. The molecule has 7 heteroatoms.